The third-order valence-electron chi connectivity index (χ3n) is 2.12. The van der Waals surface area contributed by atoms with Crippen molar-refractivity contribution < 1.29 is 0 Å². The molecule has 0 aromatic rings. The molecule has 0 radical (unpaired) electrons. The molecule has 13 heavy (non-hydrogen) atoms. The normalized spacial score (nSPS) is 22.2. The van der Waals surface area contributed by atoms with Crippen molar-refractivity contribution in [3.63, 3.8) is 0 Å². The number of hydrogen-bond acceptors (Lipinski definition) is 3. The second kappa shape index (κ2) is 3.99. The molecule has 0 bridgehead atoms. The summed E-state index contributed by atoms with van der Waals surface area (Å²) >= 11 is 0. The molecular formula is C10H21N3. The highest BCUT2D eigenvalue weighted by Crippen LogP contribution is 2.23. The molecule has 0 aromatic heterocycles. The molecule has 0 spiro atoms. The molecule has 3 heteroatoms. The van der Waals surface area contributed by atoms with Gasteiger partial charge in [-0.25, -0.2) is 0 Å². The lowest BCUT2D eigenvalue weighted by atomic mass is 9.90. The summed E-state index contributed by atoms with van der Waals surface area (Å²) in [5.74, 6) is 0. The first-order chi connectivity index (χ1) is 6.03. The molecule has 0 aliphatic carbocycles. The molecule has 1 heterocycles. The van der Waals surface area contributed by atoms with Crippen molar-refractivity contribution in [3.8, 4) is 0 Å². The van der Waals surface area contributed by atoms with Crippen LogP contribution in [0, 0.1) is 5.41 Å². The van der Waals surface area contributed by atoms with Crippen LogP contribution < -0.4 is 5.43 Å². The minimum absolute atomic E-state index is 0.358. The van der Waals surface area contributed by atoms with E-state index >= 15 is 0 Å². The van der Waals surface area contributed by atoms with Crippen molar-refractivity contribution in [3.05, 3.63) is 0 Å². The lowest BCUT2D eigenvalue weighted by Gasteiger charge is -2.29. The lowest BCUT2D eigenvalue weighted by molar-refractivity contribution is 0.215. The predicted octanol–water partition coefficient (Wildman–Crippen LogP) is 2.01. The SMILES string of the molecule is CCCN1C=NNC1CC(C)(C)C. The van der Waals surface area contributed by atoms with Crippen LogP contribution in [-0.4, -0.2) is 23.9 Å². The van der Waals surface area contributed by atoms with Crippen LogP contribution in [-0.2, 0) is 0 Å². The Morgan fingerprint density at radius 3 is 2.69 bits per heavy atom. The topological polar surface area (TPSA) is 27.6 Å². The van der Waals surface area contributed by atoms with Gasteiger partial charge in [-0.2, -0.15) is 5.10 Å². The average molecular weight is 183 g/mol. The van der Waals surface area contributed by atoms with E-state index in [0.29, 0.717) is 11.6 Å². The third kappa shape index (κ3) is 3.25. The summed E-state index contributed by atoms with van der Waals surface area (Å²) < 4.78 is 0. The fourth-order valence-electron chi connectivity index (χ4n) is 1.56. The predicted molar refractivity (Wildman–Crippen MR) is 56.5 cm³/mol. The molecule has 3 nitrogen and oxygen atoms in total. The van der Waals surface area contributed by atoms with E-state index < -0.39 is 0 Å². The van der Waals surface area contributed by atoms with Crippen molar-refractivity contribution in [1.82, 2.24) is 10.3 Å². The van der Waals surface area contributed by atoms with Crippen LogP contribution in [0.5, 0.6) is 0 Å². The zero-order valence-corrected chi connectivity index (χ0v) is 9.17. The van der Waals surface area contributed by atoms with Gasteiger partial charge in [0.25, 0.3) is 0 Å². The van der Waals surface area contributed by atoms with Crippen LogP contribution in [0.3, 0.4) is 0 Å². The minimum Gasteiger partial charge on any atom is -0.340 e. The Labute approximate surface area is 81.2 Å². The lowest BCUT2D eigenvalue weighted by Crippen LogP contribution is -2.40. The maximum Gasteiger partial charge on any atom is 0.116 e. The van der Waals surface area contributed by atoms with Gasteiger partial charge < -0.3 is 4.90 Å². The van der Waals surface area contributed by atoms with Crippen molar-refractivity contribution in [2.45, 2.75) is 46.7 Å². The summed E-state index contributed by atoms with van der Waals surface area (Å²) in [7, 11) is 0. The quantitative estimate of drug-likeness (QED) is 0.724. The summed E-state index contributed by atoms with van der Waals surface area (Å²) in [6.07, 6.45) is 4.63. The monoisotopic (exact) mass is 183 g/mol. The highest BCUT2D eigenvalue weighted by molar-refractivity contribution is 5.56. The summed E-state index contributed by atoms with van der Waals surface area (Å²) in [5.41, 5.74) is 3.50. The van der Waals surface area contributed by atoms with Crippen LogP contribution in [0.1, 0.15) is 40.5 Å². The highest BCUT2D eigenvalue weighted by Gasteiger charge is 2.24. The van der Waals surface area contributed by atoms with Crippen LogP contribution in [0.4, 0.5) is 0 Å². The Morgan fingerprint density at radius 2 is 2.15 bits per heavy atom. The van der Waals surface area contributed by atoms with Crippen molar-refractivity contribution in [2.75, 3.05) is 6.54 Å². The first-order valence-corrected chi connectivity index (χ1v) is 5.07. The Morgan fingerprint density at radius 1 is 1.46 bits per heavy atom. The van der Waals surface area contributed by atoms with Crippen molar-refractivity contribution in [2.24, 2.45) is 10.5 Å². The second-order valence-corrected chi connectivity index (χ2v) is 4.89. The van der Waals surface area contributed by atoms with Crippen LogP contribution in [0.15, 0.2) is 5.10 Å². The molecule has 0 saturated heterocycles. The average Bonchev–Trinajstić information content (AvgIpc) is 2.34. The van der Waals surface area contributed by atoms with Crippen LogP contribution in [0.2, 0.25) is 0 Å². The van der Waals surface area contributed by atoms with Gasteiger partial charge in [-0.1, -0.05) is 27.7 Å². The van der Waals surface area contributed by atoms with Gasteiger partial charge in [0.2, 0.25) is 0 Å². The number of nitrogens with one attached hydrogen (secondary N) is 1. The molecule has 1 rings (SSSR count). The molecule has 1 atom stereocenters. The number of nitrogens with zero attached hydrogens (tertiary/aromatic N) is 2. The van der Waals surface area contributed by atoms with E-state index in [9.17, 15) is 0 Å². The van der Waals surface area contributed by atoms with E-state index in [1.165, 1.54) is 6.42 Å². The van der Waals surface area contributed by atoms with Gasteiger partial charge in [-0.05, 0) is 18.3 Å². The Balaban J connectivity index is 2.42. The molecular weight excluding hydrogens is 162 g/mol. The summed E-state index contributed by atoms with van der Waals surface area (Å²) in [6, 6.07) is 0. The molecule has 0 aromatic carbocycles. The molecule has 0 saturated carbocycles. The largest absolute Gasteiger partial charge is 0.340 e. The Kier molecular flexibility index (Phi) is 3.17. The van der Waals surface area contributed by atoms with Gasteiger partial charge in [0.1, 0.15) is 12.5 Å². The molecule has 1 unspecified atom stereocenters. The summed E-state index contributed by atoms with van der Waals surface area (Å²) in [6.45, 7) is 10.1. The molecule has 1 N–H and O–H groups in total. The van der Waals surface area contributed by atoms with E-state index in [1.54, 1.807) is 0 Å². The molecule has 1 aliphatic heterocycles. The smallest absolute Gasteiger partial charge is 0.116 e. The van der Waals surface area contributed by atoms with E-state index in [1.807, 2.05) is 6.34 Å². The standard InChI is InChI=1S/C10H21N3/c1-5-6-13-8-11-12-9(13)7-10(2,3)4/h8-9,12H,5-7H2,1-4H3. The van der Waals surface area contributed by atoms with Crippen LogP contribution >= 0.6 is 0 Å². The Bertz CT molecular complexity index is 181. The van der Waals surface area contributed by atoms with Crippen LogP contribution in [0.25, 0.3) is 0 Å². The number of hydrogen-bond donors (Lipinski definition) is 1. The van der Waals surface area contributed by atoms with E-state index in [0.717, 1.165) is 13.0 Å². The summed E-state index contributed by atoms with van der Waals surface area (Å²) in [4.78, 5) is 2.28. The third-order valence-corrected chi connectivity index (χ3v) is 2.12. The zero-order chi connectivity index (χ0) is 9.90. The van der Waals surface area contributed by atoms with Crippen molar-refractivity contribution in [1.29, 1.82) is 0 Å². The maximum absolute atomic E-state index is 4.10. The minimum atomic E-state index is 0.358. The van der Waals surface area contributed by atoms with E-state index in [2.05, 4.69) is 43.1 Å². The first-order valence-electron chi connectivity index (χ1n) is 5.07. The fourth-order valence-corrected chi connectivity index (χ4v) is 1.56. The highest BCUT2D eigenvalue weighted by atomic mass is 15.5. The Hall–Kier alpha value is -0.730. The molecule has 76 valence electrons. The van der Waals surface area contributed by atoms with Gasteiger partial charge in [0.15, 0.2) is 0 Å². The summed E-state index contributed by atoms with van der Waals surface area (Å²) in [5, 5.41) is 4.10. The van der Waals surface area contributed by atoms with Gasteiger partial charge in [-0.3, -0.25) is 5.43 Å². The maximum atomic E-state index is 4.10. The first kappa shape index (κ1) is 10.4. The molecule has 1 aliphatic rings. The molecule has 0 amide bonds. The second-order valence-electron chi connectivity index (χ2n) is 4.89. The van der Waals surface area contributed by atoms with Gasteiger partial charge in [0.05, 0.1) is 0 Å². The van der Waals surface area contributed by atoms with E-state index in [4.69, 9.17) is 0 Å². The van der Waals surface area contributed by atoms with Gasteiger partial charge in [-0.15, -0.1) is 0 Å². The number of rotatable bonds is 3. The van der Waals surface area contributed by atoms with Gasteiger partial charge in [0, 0.05) is 6.54 Å². The number of hydrazone groups is 1. The molecule has 0 fully saturated rings. The zero-order valence-electron chi connectivity index (χ0n) is 9.17. The van der Waals surface area contributed by atoms with E-state index in [-0.39, 0.29) is 0 Å². The van der Waals surface area contributed by atoms with Gasteiger partial charge >= 0.3 is 0 Å². The fraction of sp³-hybridized carbons (Fsp3) is 0.900. The van der Waals surface area contributed by atoms with Crippen molar-refractivity contribution >= 4 is 6.34 Å².